The molecule has 4 heteroatoms. The van der Waals surface area contributed by atoms with Gasteiger partial charge in [0.15, 0.2) is 6.61 Å². The van der Waals surface area contributed by atoms with E-state index in [1.165, 1.54) is 0 Å². The van der Waals surface area contributed by atoms with Gasteiger partial charge in [0, 0.05) is 6.54 Å². The zero-order chi connectivity index (χ0) is 15.8. The molecule has 0 atom stereocenters. The Morgan fingerprint density at radius 2 is 1.64 bits per heavy atom. The number of carbonyl (C=O) groups excluding carboxylic acids is 1. The van der Waals surface area contributed by atoms with Crippen molar-refractivity contribution in [1.82, 2.24) is 5.32 Å². The summed E-state index contributed by atoms with van der Waals surface area (Å²) in [5.74, 6) is 1.42. The molecule has 0 bridgehead atoms. The summed E-state index contributed by atoms with van der Waals surface area (Å²) in [6, 6.07) is 15.4. The minimum atomic E-state index is -0.117. The summed E-state index contributed by atoms with van der Waals surface area (Å²) in [5.41, 5.74) is 2.32. The van der Waals surface area contributed by atoms with Crippen LogP contribution in [-0.2, 0) is 11.2 Å². The molecule has 0 aliphatic heterocycles. The van der Waals surface area contributed by atoms with E-state index in [0.717, 1.165) is 23.3 Å². The monoisotopic (exact) mass is 299 g/mol. The Hall–Kier alpha value is -2.49. The fraction of sp³-hybridized carbons (Fsp3) is 0.278. The van der Waals surface area contributed by atoms with E-state index in [-0.39, 0.29) is 12.5 Å². The highest BCUT2D eigenvalue weighted by molar-refractivity contribution is 5.77. The van der Waals surface area contributed by atoms with Crippen LogP contribution in [0.25, 0.3) is 0 Å². The van der Waals surface area contributed by atoms with Crippen LogP contribution in [-0.4, -0.2) is 26.2 Å². The fourth-order valence-electron chi connectivity index (χ4n) is 1.97. The van der Waals surface area contributed by atoms with Gasteiger partial charge in [0.1, 0.15) is 11.5 Å². The second-order valence-corrected chi connectivity index (χ2v) is 5.05. The largest absolute Gasteiger partial charge is 0.497 e. The van der Waals surface area contributed by atoms with Crippen molar-refractivity contribution in [2.24, 2.45) is 0 Å². The Bertz CT molecular complexity index is 591. The first kappa shape index (κ1) is 15.9. The van der Waals surface area contributed by atoms with Crippen LogP contribution in [0.1, 0.15) is 11.1 Å². The number of benzene rings is 2. The van der Waals surface area contributed by atoms with Crippen LogP contribution < -0.4 is 14.8 Å². The molecule has 0 aliphatic rings. The predicted octanol–water partition coefficient (Wildman–Crippen LogP) is 2.74. The second kappa shape index (κ2) is 8.08. The molecule has 1 amide bonds. The summed E-state index contributed by atoms with van der Waals surface area (Å²) in [7, 11) is 1.64. The first-order chi connectivity index (χ1) is 10.7. The van der Waals surface area contributed by atoms with Gasteiger partial charge < -0.3 is 14.8 Å². The summed E-state index contributed by atoms with van der Waals surface area (Å²) in [6.07, 6.45) is 0.778. The van der Waals surface area contributed by atoms with Crippen molar-refractivity contribution in [3.05, 3.63) is 59.7 Å². The summed E-state index contributed by atoms with van der Waals surface area (Å²) >= 11 is 0. The van der Waals surface area contributed by atoms with Crippen LogP contribution in [0.15, 0.2) is 48.5 Å². The van der Waals surface area contributed by atoms with E-state index < -0.39 is 0 Å². The van der Waals surface area contributed by atoms with Gasteiger partial charge in [-0.25, -0.2) is 0 Å². The van der Waals surface area contributed by atoms with E-state index in [2.05, 4.69) is 5.32 Å². The minimum absolute atomic E-state index is 0.0334. The maximum absolute atomic E-state index is 11.7. The number of hydrogen-bond donors (Lipinski definition) is 1. The average molecular weight is 299 g/mol. The summed E-state index contributed by atoms with van der Waals surface area (Å²) in [4.78, 5) is 11.7. The lowest BCUT2D eigenvalue weighted by Gasteiger charge is -2.08. The number of hydrogen-bond acceptors (Lipinski definition) is 3. The van der Waals surface area contributed by atoms with Crippen LogP contribution in [0.2, 0.25) is 0 Å². The van der Waals surface area contributed by atoms with E-state index >= 15 is 0 Å². The molecule has 0 heterocycles. The molecule has 2 aromatic rings. The number of aryl methyl sites for hydroxylation is 1. The Balaban J connectivity index is 1.67. The van der Waals surface area contributed by atoms with Crippen molar-refractivity contribution in [3.63, 3.8) is 0 Å². The SMILES string of the molecule is COc1ccc(CCNC(=O)COc2ccc(C)cc2)cc1. The van der Waals surface area contributed by atoms with Gasteiger partial charge >= 0.3 is 0 Å². The molecule has 22 heavy (non-hydrogen) atoms. The standard InChI is InChI=1S/C18H21NO3/c1-14-3-7-17(8-4-14)22-13-18(20)19-12-11-15-5-9-16(21-2)10-6-15/h3-10H,11-13H2,1-2H3,(H,19,20). The van der Waals surface area contributed by atoms with Gasteiger partial charge in [-0.1, -0.05) is 29.8 Å². The third-order valence-electron chi connectivity index (χ3n) is 3.29. The van der Waals surface area contributed by atoms with Gasteiger partial charge in [-0.05, 0) is 43.2 Å². The van der Waals surface area contributed by atoms with Gasteiger partial charge in [0.2, 0.25) is 0 Å². The van der Waals surface area contributed by atoms with Gasteiger partial charge in [-0.2, -0.15) is 0 Å². The Morgan fingerprint density at radius 1 is 1.00 bits per heavy atom. The zero-order valence-electron chi connectivity index (χ0n) is 13.0. The first-order valence-corrected chi connectivity index (χ1v) is 7.26. The van der Waals surface area contributed by atoms with Gasteiger partial charge in [0.25, 0.3) is 5.91 Å². The lowest BCUT2D eigenvalue weighted by molar-refractivity contribution is -0.123. The van der Waals surface area contributed by atoms with Crippen LogP contribution in [0.4, 0.5) is 0 Å². The smallest absolute Gasteiger partial charge is 0.257 e. The fourth-order valence-corrected chi connectivity index (χ4v) is 1.97. The topological polar surface area (TPSA) is 47.6 Å². The predicted molar refractivity (Wildman–Crippen MR) is 86.4 cm³/mol. The normalized spacial score (nSPS) is 10.1. The number of carbonyl (C=O) groups is 1. The lowest BCUT2D eigenvalue weighted by atomic mass is 10.1. The van der Waals surface area contributed by atoms with Crippen LogP contribution >= 0.6 is 0 Å². The Labute approximate surface area is 131 Å². The van der Waals surface area contributed by atoms with Crippen LogP contribution in [0.3, 0.4) is 0 Å². The molecule has 2 rings (SSSR count). The van der Waals surface area contributed by atoms with Crippen molar-refractivity contribution in [1.29, 1.82) is 0 Å². The molecule has 4 nitrogen and oxygen atoms in total. The van der Waals surface area contributed by atoms with E-state index in [9.17, 15) is 4.79 Å². The molecule has 0 spiro atoms. The second-order valence-electron chi connectivity index (χ2n) is 5.05. The molecule has 0 radical (unpaired) electrons. The molecule has 0 aromatic heterocycles. The molecule has 116 valence electrons. The Morgan fingerprint density at radius 3 is 2.27 bits per heavy atom. The highest BCUT2D eigenvalue weighted by Gasteiger charge is 2.02. The number of nitrogens with one attached hydrogen (secondary N) is 1. The van der Waals surface area contributed by atoms with E-state index in [4.69, 9.17) is 9.47 Å². The van der Waals surface area contributed by atoms with Gasteiger partial charge in [0.05, 0.1) is 7.11 Å². The van der Waals surface area contributed by atoms with Crippen LogP contribution in [0, 0.1) is 6.92 Å². The molecule has 0 fully saturated rings. The summed E-state index contributed by atoms with van der Waals surface area (Å²) in [6.45, 7) is 2.63. The number of rotatable bonds is 7. The maximum Gasteiger partial charge on any atom is 0.257 e. The molecule has 0 unspecified atom stereocenters. The molecule has 1 N–H and O–H groups in total. The van der Waals surface area contributed by atoms with E-state index in [0.29, 0.717) is 12.3 Å². The summed E-state index contributed by atoms with van der Waals surface area (Å²) < 4.78 is 10.5. The van der Waals surface area contributed by atoms with E-state index in [1.54, 1.807) is 7.11 Å². The van der Waals surface area contributed by atoms with Gasteiger partial charge in [-0.15, -0.1) is 0 Å². The molecular formula is C18H21NO3. The van der Waals surface area contributed by atoms with E-state index in [1.807, 2.05) is 55.5 Å². The number of amides is 1. The first-order valence-electron chi connectivity index (χ1n) is 7.26. The van der Waals surface area contributed by atoms with Crippen molar-refractivity contribution < 1.29 is 14.3 Å². The third kappa shape index (κ3) is 5.13. The average Bonchev–Trinajstić information content (AvgIpc) is 2.55. The lowest BCUT2D eigenvalue weighted by Crippen LogP contribution is -2.30. The molecule has 0 saturated heterocycles. The van der Waals surface area contributed by atoms with Crippen molar-refractivity contribution >= 4 is 5.91 Å². The third-order valence-corrected chi connectivity index (χ3v) is 3.29. The quantitative estimate of drug-likeness (QED) is 0.855. The van der Waals surface area contributed by atoms with Crippen LogP contribution in [0.5, 0.6) is 11.5 Å². The highest BCUT2D eigenvalue weighted by atomic mass is 16.5. The molecule has 0 aliphatic carbocycles. The van der Waals surface area contributed by atoms with Crippen molar-refractivity contribution in [3.8, 4) is 11.5 Å². The zero-order valence-corrected chi connectivity index (χ0v) is 13.0. The van der Waals surface area contributed by atoms with Gasteiger partial charge in [-0.3, -0.25) is 4.79 Å². The molecule has 0 saturated carbocycles. The van der Waals surface area contributed by atoms with Crippen molar-refractivity contribution in [2.45, 2.75) is 13.3 Å². The minimum Gasteiger partial charge on any atom is -0.497 e. The Kier molecular flexibility index (Phi) is 5.83. The highest BCUT2D eigenvalue weighted by Crippen LogP contribution is 2.12. The summed E-state index contributed by atoms with van der Waals surface area (Å²) in [5, 5.41) is 2.85. The number of methoxy groups -OCH3 is 1. The molecule has 2 aromatic carbocycles. The number of ether oxygens (including phenoxy) is 2. The molecular weight excluding hydrogens is 278 g/mol. The maximum atomic E-state index is 11.7. The van der Waals surface area contributed by atoms with Crippen molar-refractivity contribution in [2.75, 3.05) is 20.3 Å².